The highest BCUT2D eigenvalue weighted by Crippen LogP contribution is 2.33. The van der Waals surface area contributed by atoms with Crippen LogP contribution in [0.2, 0.25) is 0 Å². The predicted molar refractivity (Wildman–Crippen MR) is 98.3 cm³/mol. The maximum absolute atomic E-state index is 12.5. The molecule has 1 aliphatic carbocycles. The Balaban J connectivity index is 1.70. The van der Waals surface area contributed by atoms with Crippen molar-refractivity contribution >= 4 is 10.0 Å². The lowest BCUT2D eigenvalue weighted by Crippen LogP contribution is -2.49. The Morgan fingerprint density at radius 2 is 2.04 bits per heavy atom. The van der Waals surface area contributed by atoms with Crippen molar-refractivity contribution in [1.29, 1.82) is 0 Å². The van der Waals surface area contributed by atoms with Crippen LogP contribution < -0.4 is 4.74 Å². The van der Waals surface area contributed by atoms with E-state index in [1.807, 2.05) is 20.0 Å². The fraction of sp³-hybridized carbons (Fsp3) is 0.722. The molecule has 0 N–H and O–H groups in total. The van der Waals surface area contributed by atoms with Crippen molar-refractivity contribution in [3.05, 3.63) is 23.0 Å². The van der Waals surface area contributed by atoms with Crippen LogP contribution >= 0.6 is 0 Å². The van der Waals surface area contributed by atoms with E-state index in [0.717, 1.165) is 67.9 Å². The minimum Gasteiger partial charge on any atom is -0.496 e. The van der Waals surface area contributed by atoms with E-state index in [9.17, 15) is 8.42 Å². The van der Waals surface area contributed by atoms with E-state index >= 15 is 0 Å². The second-order valence-corrected chi connectivity index (χ2v) is 9.61. The molecule has 0 radical (unpaired) electrons. The lowest BCUT2D eigenvalue weighted by atomic mass is 10.0. The lowest BCUT2D eigenvalue weighted by Gasteiger charge is -2.37. The molecule has 1 aliphatic heterocycles. The van der Waals surface area contributed by atoms with E-state index in [0.29, 0.717) is 0 Å². The Morgan fingerprint density at radius 1 is 1.32 bits per heavy atom. The Bertz CT molecular complexity index is 731. The van der Waals surface area contributed by atoms with Crippen LogP contribution in [0.1, 0.15) is 42.5 Å². The molecule has 1 atom stereocenters. The van der Waals surface area contributed by atoms with Crippen molar-refractivity contribution in [2.24, 2.45) is 0 Å². The zero-order valence-corrected chi connectivity index (χ0v) is 16.5. The number of aromatic nitrogens is 1. The van der Waals surface area contributed by atoms with E-state index < -0.39 is 10.0 Å². The van der Waals surface area contributed by atoms with Gasteiger partial charge in [0.25, 0.3) is 0 Å². The van der Waals surface area contributed by atoms with Gasteiger partial charge in [0, 0.05) is 43.5 Å². The molecule has 1 aromatic heterocycles. The standard InChI is InChI=1S/C18H29N3O3S/c1-13-10-19-17(14(2)18(13)24-4)12-21-9-5-6-15(11-21)20(3)25(22,23)16-7-8-16/h10,15-16H,5-9,11-12H2,1-4H3. The third kappa shape index (κ3) is 3.83. The summed E-state index contributed by atoms with van der Waals surface area (Å²) in [6, 6.07) is 0.0620. The van der Waals surface area contributed by atoms with Gasteiger partial charge in [-0.1, -0.05) is 0 Å². The van der Waals surface area contributed by atoms with Crippen molar-refractivity contribution in [2.75, 3.05) is 27.2 Å². The average molecular weight is 368 g/mol. The minimum absolute atomic E-state index is 0.0620. The average Bonchev–Trinajstić information content (AvgIpc) is 3.43. The van der Waals surface area contributed by atoms with E-state index in [2.05, 4.69) is 9.88 Å². The smallest absolute Gasteiger partial charge is 0.217 e. The molecule has 1 saturated heterocycles. The Morgan fingerprint density at radius 3 is 2.68 bits per heavy atom. The Kier molecular flexibility index (Phi) is 5.37. The first-order chi connectivity index (χ1) is 11.8. The first-order valence-electron chi connectivity index (χ1n) is 9.03. The first kappa shape index (κ1) is 18.6. The number of sulfonamides is 1. The highest BCUT2D eigenvalue weighted by atomic mass is 32.2. The number of aryl methyl sites for hydroxylation is 1. The molecule has 0 bridgehead atoms. The van der Waals surface area contributed by atoms with Gasteiger partial charge in [-0.25, -0.2) is 12.7 Å². The van der Waals surface area contributed by atoms with Gasteiger partial charge >= 0.3 is 0 Å². The Hall–Kier alpha value is -1.18. The molecule has 3 rings (SSSR count). The zero-order valence-electron chi connectivity index (χ0n) is 15.7. The molecular formula is C18H29N3O3S. The molecular weight excluding hydrogens is 338 g/mol. The van der Waals surface area contributed by atoms with Crippen molar-refractivity contribution in [3.63, 3.8) is 0 Å². The Labute approximate surface area is 151 Å². The maximum atomic E-state index is 12.5. The third-order valence-electron chi connectivity index (χ3n) is 5.47. The summed E-state index contributed by atoms with van der Waals surface area (Å²) in [6.45, 7) is 6.51. The summed E-state index contributed by atoms with van der Waals surface area (Å²) in [7, 11) is 0.323. The molecule has 0 amide bonds. The van der Waals surface area contributed by atoms with Gasteiger partial charge in [0.2, 0.25) is 10.0 Å². The fourth-order valence-corrected chi connectivity index (χ4v) is 5.51. The van der Waals surface area contributed by atoms with E-state index in [1.54, 1.807) is 18.5 Å². The predicted octanol–water partition coefficient (Wildman–Crippen LogP) is 2.10. The van der Waals surface area contributed by atoms with Crippen LogP contribution in [0.25, 0.3) is 0 Å². The van der Waals surface area contributed by atoms with Crippen LogP contribution in [-0.4, -0.2) is 61.1 Å². The van der Waals surface area contributed by atoms with Crippen molar-refractivity contribution in [2.45, 2.75) is 57.4 Å². The number of ether oxygens (including phenoxy) is 1. The van der Waals surface area contributed by atoms with Gasteiger partial charge in [0.1, 0.15) is 5.75 Å². The first-order valence-corrected chi connectivity index (χ1v) is 10.5. The number of likely N-dealkylation sites (N-methyl/N-ethyl adjacent to an activating group) is 1. The molecule has 1 unspecified atom stereocenters. The second kappa shape index (κ2) is 7.21. The van der Waals surface area contributed by atoms with Gasteiger partial charge in [-0.3, -0.25) is 9.88 Å². The number of hydrogen-bond donors (Lipinski definition) is 0. The molecule has 7 heteroatoms. The molecule has 2 fully saturated rings. The number of likely N-dealkylation sites (tertiary alicyclic amines) is 1. The molecule has 2 aliphatic rings. The van der Waals surface area contributed by atoms with Gasteiger partial charge in [-0.15, -0.1) is 0 Å². The largest absolute Gasteiger partial charge is 0.496 e. The lowest BCUT2D eigenvalue weighted by molar-refractivity contribution is 0.151. The van der Waals surface area contributed by atoms with Crippen molar-refractivity contribution in [1.82, 2.24) is 14.2 Å². The quantitative estimate of drug-likeness (QED) is 0.770. The molecule has 1 saturated carbocycles. The maximum Gasteiger partial charge on any atom is 0.217 e. The summed E-state index contributed by atoms with van der Waals surface area (Å²) in [5.74, 6) is 0.895. The summed E-state index contributed by atoms with van der Waals surface area (Å²) < 4.78 is 32.2. The van der Waals surface area contributed by atoms with Gasteiger partial charge in [-0.05, 0) is 46.1 Å². The van der Waals surface area contributed by atoms with Crippen LogP contribution in [0.5, 0.6) is 5.75 Å². The van der Waals surface area contributed by atoms with Crippen LogP contribution in [0.15, 0.2) is 6.20 Å². The molecule has 6 nitrogen and oxygen atoms in total. The summed E-state index contributed by atoms with van der Waals surface area (Å²) in [5.41, 5.74) is 3.12. The van der Waals surface area contributed by atoms with Crippen molar-refractivity contribution in [3.8, 4) is 5.75 Å². The van der Waals surface area contributed by atoms with Crippen LogP contribution in [0.4, 0.5) is 0 Å². The number of hydrogen-bond acceptors (Lipinski definition) is 5. The van der Waals surface area contributed by atoms with Gasteiger partial charge in [0.05, 0.1) is 18.1 Å². The summed E-state index contributed by atoms with van der Waals surface area (Å²) in [5, 5.41) is -0.141. The number of methoxy groups -OCH3 is 1. The summed E-state index contributed by atoms with van der Waals surface area (Å²) >= 11 is 0. The van der Waals surface area contributed by atoms with Crippen molar-refractivity contribution < 1.29 is 13.2 Å². The fourth-order valence-electron chi connectivity index (χ4n) is 3.72. The minimum atomic E-state index is -3.12. The highest BCUT2D eigenvalue weighted by Gasteiger charge is 2.41. The molecule has 2 heterocycles. The monoisotopic (exact) mass is 367 g/mol. The number of nitrogens with zero attached hydrogens (tertiary/aromatic N) is 3. The van der Waals surface area contributed by atoms with E-state index in [4.69, 9.17) is 4.74 Å². The topological polar surface area (TPSA) is 62.7 Å². The van der Waals surface area contributed by atoms with Gasteiger partial charge in [0.15, 0.2) is 0 Å². The molecule has 0 spiro atoms. The zero-order chi connectivity index (χ0) is 18.2. The number of pyridine rings is 1. The molecule has 140 valence electrons. The molecule has 1 aromatic rings. The summed E-state index contributed by atoms with van der Waals surface area (Å²) in [4.78, 5) is 6.90. The van der Waals surface area contributed by atoms with Gasteiger partial charge in [-0.2, -0.15) is 0 Å². The van der Waals surface area contributed by atoms with Gasteiger partial charge < -0.3 is 4.74 Å². The summed E-state index contributed by atoms with van der Waals surface area (Å²) in [6.07, 6.45) is 5.43. The van der Waals surface area contributed by atoms with Crippen LogP contribution in [0.3, 0.4) is 0 Å². The number of rotatable bonds is 6. The van der Waals surface area contributed by atoms with E-state index in [1.165, 1.54) is 0 Å². The third-order valence-corrected chi connectivity index (χ3v) is 7.88. The highest BCUT2D eigenvalue weighted by molar-refractivity contribution is 7.90. The van der Waals surface area contributed by atoms with E-state index in [-0.39, 0.29) is 11.3 Å². The normalized spacial score (nSPS) is 22.4. The number of piperidine rings is 1. The van der Waals surface area contributed by atoms with Crippen LogP contribution in [-0.2, 0) is 16.6 Å². The molecule has 25 heavy (non-hydrogen) atoms. The second-order valence-electron chi connectivity index (χ2n) is 7.34. The van der Waals surface area contributed by atoms with Crippen LogP contribution in [0, 0.1) is 13.8 Å². The SMILES string of the molecule is COc1c(C)cnc(CN2CCCC(N(C)S(=O)(=O)C3CC3)C2)c1C. The molecule has 0 aromatic carbocycles.